The van der Waals surface area contributed by atoms with Crippen molar-refractivity contribution in [3.05, 3.63) is 69.3 Å². The van der Waals surface area contributed by atoms with Crippen LogP contribution in [0, 0.1) is 32.8 Å². The Labute approximate surface area is 195 Å². The van der Waals surface area contributed by atoms with E-state index in [1.807, 2.05) is 12.1 Å². The lowest BCUT2D eigenvalue weighted by atomic mass is 9.97. The molecule has 2 aromatic rings. The molecule has 2 rings (SSSR count). The van der Waals surface area contributed by atoms with E-state index in [0.717, 1.165) is 6.07 Å². The molecule has 0 atom stereocenters. The molecule has 0 saturated carbocycles. The number of nitro benzene ring substituents is 1. The van der Waals surface area contributed by atoms with E-state index >= 15 is 0 Å². The van der Waals surface area contributed by atoms with Crippen molar-refractivity contribution in [3.8, 4) is 12.1 Å². The summed E-state index contributed by atoms with van der Waals surface area (Å²) in [7, 11) is 1.51. The summed E-state index contributed by atoms with van der Waals surface area (Å²) >= 11 is 0. The number of hydrogen-bond acceptors (Lipinski definition) is 9. The molecule has 1 N–H and O–H groups in total. The van der Waals surface area contributed by atoms with Crippen molar-refractivity contribution in [1.82, 2.24) is 4.90 Å². The van der Waals surface area contributed by atoms with Crippen molar-refractivity contribution in [2.45, 2.75) is 12.8 Å². The Morgan fingerprint density at radius 1 is 1.06 bits per heavy atom. The minimum Gasteiger partial charge on any atom is -0.452 e. The van der Waals surface area contributed by atoms with Crippen molar-refractivity contribution < 1.29 is 24.0 Å². The molecular weight excluding hydrogens is 442 g/mol. The third-order valence-corrected chi connectivity index (χ3v) is 4.78. The van der Waals surface area contributed by atoms with Crippen LogP contribution >= 0.6 is 0 Å². The number of nitriles is 2. The fourth-order valence-electron chi connectivity index (χ4n) is 3.08. The zero-order chi connectivity index (χ0) is 25.1. The predicted molar refractivity (Wildman–Crippen MR) is 120 cm³/mol. The summed E-state index contributed by atoms with van der Waals surface area (Å²) in [6.07, 6.45) is 0.113. The van der Waals surface area contributed by atoms with Crippen molar-refractivity contribution in [1.29, 1.82) is 10.5 Å². The SMILES string of the molecule is CNc1ccc(C(=O)c2ccccc2C(=O)OCC(=O)N(CCC#N)CCC#N)cc1[N+](=O)[O-]. The van der Waals surface area contributed by atoms with Crippen molar-refractivity contribution >= 4 is 29.0 Å². The van der Waals surface area contributed by atoms with E-state index in [2.05, 4.69) is 5.32 Å². The molecule has 2 aromatic carbocycles. The number of nitrogens with one attached hydrogen (secondary N) is 1. The van der Waals surface area contributed by atoms with Gasteiger partial charge in [-0.1, -0.05) is 18.2 Å². The van der Waals surface area contributed by atoms with Crippen LogP contribution < -0.4 is 5.32 Å². The van der Waals surface area contributed by atoms with Gasteiger partial charge in [0.05, 0.1) is 35.5 Å². The number of esters is 1. The lowest BCUT2D eigenvalue weighted by Gasteiger charge is -2.20. The second-order valence-electron chi connectivity index (χ2n) is 6.89. The first-order chi connectivity index (χ1) is 16.3. The van der Waals surface area contributed by atoms with E-state index in [-0.39, 0.29) is 54.0 Å². The molecule has 0 aliphatic heterocycles. The van der Waals surface area contributed by atoms with Gasteiger partial charge in [0.1, 0.15) is 5.69 Å². The van der Waals surface area contributed by atoms with Gasteiger partial charge < -0.3 is 15.0 Å². The highest BCUT2D eigenvalue weighted by Gasteiger charge is 2.23. The highest BCUT2D eigenvalue weighted by molar-refractivity contribution is 6.15. The van der Waals surface area contributed by atoms with Gasteiger partial charge in [0.15, 0.2) is 12.4 Å². The minimum atomic E-state index is -0.931. The molecule has 11 heteroatoms. The fraction of sp³-hybridized carbons (Fsp3) is 0.261. The van der Waals surface area contributed by atoms with Gasteiger partial charge in [-0.15, -0.1) is 0 Å². The van der Waals surface area contributed by atoms with E-state index in [1.54, 1.807) is 0 Å². The normalized spacial score (nSPS) is 9.85. The predicted octanol–water partition coefficient (Wildman–Crippen LogP) is 2.68. The van der Waals surface area contributed by atoms with Crippen LogP contribution in [0.3, 0.4) is 0 Å². The van der Waals surface area contributed by atoms with E-state index in [1.165, 1.54) is 48.3 Å². The number of amides is 1. The Bertz CT molecular complexity index is 1160. The Hall–Kier alpha value is -4.77. The molecule has 0 radical (unpaired) electrons. The lowest BCUT2D eigenvalue weighted by Crippen LogP contribution is -2.36. The third kappa shape index (κ3) is 6.37. The van der Waals surface area contributed by atoms with Crippen LogP contribution in [0.5, 0.6) is 0 Å². The zero-order valence-corrected chi connectivity index (χ0v) is 18.3. The van der Waals surface area contributed by atoms with E-state index in [4.69, 9.17) is 15.3 Å². The summed E-state index contributed by atoms with van der Waals surface area (Å²) in [5, 5.41) is 31.4. The zero-order valence-electron chi connectivity index (χ0n) is 18.3. The molecule has 0 fully saturated rings. The first-order valence-electron chi connectivity index (χ1n) is 10.1. The highest BCUT2D eigenvalue weighted by Crippen LogP contribution is 2.27. The standard InChI is InChI=1S/C23H21N5O6/c1-26-19-9-8-16(14-20(19)28(32)33)22(30)17-6-2-3-7-18(17)23(31)34-15-21(29)27(12-4-10-24)13-5-11-25/h2-3,6-9,14,26H,4-5,12-13,15H2,1H3. The summed E-state index contributed by atoms with van der Waals surface area (Å²) < 4.78 is 5.09. The number of ketones is 1. The first kappa shape index (κ1) is 25.5. The molecule has 0 unspecified atom stereocenters. The Morgan fingerprint density at radius 3 is 2.24 bits per heavy atom. The number of anilines is 1. The maximum absolute atomic E-state index is 13.0. The second kappa shape index (κ2) is 12.3. The minimum absolute atomic E-state index is 0.00112. The van der Waals surface area contributed by atoms with Crippen LogP contribution in [0.25, 0.3) is 0 Å². The van der Waals surface area contributed by atoms with Gasteiger partial charge in [0.2, 0.25) is 0 Å². The molecule has 0 aliphatic carbocycles. The monoisotopic (exact) mass is 463 g/mol. The summed E-state index contributed by atoms with van der Waals surface area (Å²) in [5.74, 6) is -2.14. The maximum atomic E-state index is 13.0. The van der Waals surface area contributed by atoms with Gasteiger partial charge >= 0.3 is 5.97 Å². The van der Waals surface area contributed by atoms with Crippen LogP contribution in [0.15, 0.2) is 42.5 Å². The Morgan fingerprint density at radius 2 is 1.68 bits per heavy atom. The van der Waals surface area contributed by atoms with Crippen molar-refractivity contribution in [2.24, 2.45) is 0 Å². The molecule has 0 spiro atoms. The molecule has 174 valence electrons. The summed E-state index contributed by atoms with van der Waals surface area (Å²) in [4.78, 5) is 50.0. The van der Waals surface area contributed by atoms with Crippen LogP contribution in [-0.4, -0.2) is 54.2 Å². The molecule has 0 saturated heterocycles. The number of rotatable bonds is 11. The highest BCUT2D eigenvalue weighted by atomic mass is 16.6. The van der Waals surface area contributed by atoms with Crippen LogP contribution in [0.2, 0.25) is 0 Å². The number of ether oxygens (including phenoxy) is 1. The van der Waals surface area contributed by atoms with Crippen LogP contribution in [-0.2, 0) is 9.53 Å². The van der Waals surface area contributed by atoms with Gasteiger partial charge in [-0.2, -0.15) is 10.5 Å². The van der Waals surface area contributed by atoms with E-state index in [0.29, 0.717) is 0 Å². The molecule has 34 heavy (non-hydrogen) atoms. The van der Waals surface area contributed by atoms with Gasteiger partial charge in [-0.05, 0) is 18.2 Å². The molecular formula is C23H21N5O6. The van der Waals surface area contributed by atoms with Gasteiger partial charge in [0.25, 0.3) is 11.6 Å². The number of nitro groups is 1. The topological polar surface area (TPSA) is 166 Å². The summed E-state index contributed by atoms with van der Waals surface area (Å²) in [6, 6.07) is 13.5. The first-order valence-corrected chi connectivity index (χ1v) is 10.1. The molecule has 11 nitrogen and oxygen atoms in total. The molecule has 0 bridgehead atoms. The number of carbonyl (C=O) groups excluding carboxylic acids is 3. The molecule has 0 aliphatic rings. The van der Waals surface area contributed by atoms with Gasteiger partial charge in [-0.3, -0.25) is 19.7 Å². The Balaban J connectivity index is 2.22. The van der Waals surface area contributed by atoms with Crippen molar-refractivity contribution in [2.75, 3.05) is 32.1 Å². The number of nitrogens with zero attached hydrogens (tertiary/aromatic N) is 4. The van der Waals surface area contributed by atoms with Gasteiger partial charge in [0, 0.05) is 37.3 Å². The summed E-state index contributed by atoms with van der Waals surface area (Å²) in [6.45, 7) is -0.462. The lowest BCUT2D eigenvalue weighted by molar-refractivity contribution is -0.384. The van der Waals surface area contributed by atoms with Crippen LogP contribution in [0.1, 0.15) is 39.1 Å². The Kier molecular flexibility index (Phi) is 9.23. The quantitative estimate of drug-likeness (QED) is 0.228. The number of carbonyl (C=O) groups is 3. The molecule has 0 aromatic heterocycles. The molecule has 1 amide bonds. The average Bonchev–Trinajstić information content (AvgIpc) is 2.86. The molecule has 0 heterocycles. The van der Waals surface area contributed by atoms with E-state index < -0.39 is 29.2 Å². The fourth-order valence-corrected chi connectivity index (χ4v) is 3.08. The van der Waals surface area contributed by atoms with Gasteiger partial charge in [-0.25, -0.2) is 4.79 Å². The van der Waals surface area contributed by atoms with E-state index in [9.17, 15) is 24.5 Å². The van der Waals surface area contributed by atoms with Crippen molar-refractivity contribution in [3.63, 3.8) is 0 Å². The smallest absolute Gasteiger partial charge is 0.339 e. The maximum Gasteiger partial charge on any atom is 0.339 e. The average molecular weight is 463 g/mol. The number of hydrogen-bond donors (Lipinski definition) is 1. The third-order valence-electron chi connectivity index (χ3n) is 4.78. The largest absolute Gasteiger partial charge is 0.452 e. The summed E-state index contributed by atoms with van der Waals surface area (Å²) in [5.41, 5.74) is -0.223. The number of benzene rings is 2. The van der Waals surface area contributed by atoms with Crippen LogP contribution in [0.4, 0.5) is 11.4 Å². The second-order valence-corrected chi connectivity index (χ2v) is 6.89.